The van der Waals surface area contributed by atoms with Gasteiger partial charge in [0, 0.05) is 17.3 Å². The maximum atomic E-state index is 12.8. The highest BCUT2D eigenvalue weighted by Crippen LogP contribution is 2.28. The van der Waals surface area contributed by atoms with Crippen LogP contribution in [0.1, 0.15) is 29.2 Å². The van der Waals surface area contributed by atoms with Crippen molar-refractivity contribution >= 4 is 35.3 Å². The molecule has 156 valence electrons. The van der Waals surface area contributed by atoms with Crippen molar-refractivity contribution < 1.29 is 14.3 Å². The Bertz CT molecular complexity index is 1100. The molecule has 4 nitrogen and oxygen atoms in total. The van der Waals surface area contributed by atoms with Gasteiger partial charge < -0.3 is 10.1 Å². The third kappa shape index (κ3) is 6.28. The zero-order chi connectivity index (χ0) is 22.1. The molecule has 3 aromatic carbocycles. The Kier molecular flexibility index (Phi) is 7.55. The van der Waals surface area contributed by atoms with Crippen LogP contribution in [0.2, 0.25) is 0 Å². The van der Waals surface area contributed by atoms with Crippen molar-refractivity contribution in [2.24, 2.45) is 0 Å². The number of aryl methyl sites for hydroxylation is 1. The average Bonchev–Trinajstić information content (AvgIpc) is 2.78. The van der Waals surface area contributed by atoms with E-state index in [1.807, 2.05) is 85.8 Å². The van der Waals surface area contributed by atoms with Crippen molar-refractivity contribution in [1.82, 2.24) is 0 Å². The number of rotatable bonds is 7. The van der Waals surface area contributed by atoms with Crippen LogP contribution in [0.15, 0.2) is 84.9 Å². The molecule has 0 aliphatic heterocycles. The second-order valence-electron chi connectivity index (χ2n) is 6.97. The molecule has 0 saturated heterocycles. The standard InChI is InChI=1S/C27H25NO3/c1-3-31-27(30)24(19-22-12-8-5-9-13-22)23-16-14-20(2)18-25(23)28-26(29)17-15-21-10-6-4-7-11-21/h4-19H,3H2,1-2H3,(H,28,29). The first-order valence-corrected chi connectivity index (χ1v) is 10.2. The first-order chi connectivity index (χ1) is 15.1. The maximum Gasteiger partial charge on any atom is 0.338 e. The fourth-order valence-corrected chi connectivity index (χ4v) is 3.08. The summed E-state index contributed by atoms with van der Waals surface area (Å²) >= 11 is 0. The highest BCUT2D eigenvalue weighted by Gasteiger charge is 2.18. The number of carbonyl (C=O) groups excluding carboxylic acids is 2. The van der Waals surface area contributed by atoms with Gasteiger partial charge in [0.15, 0.2) is 0 Å². The number of carbonyl (C=O) groups is 2. The Labute approximate surface area is 182 Å². The van der Waals surface area contributed by atoms with Crippen molar-refractivity contribution in [3.05, 3.63) is 107 Å². The number of anilines is 1. The molecule has 0 saturated carbocycles. The number of esters is 1. The smallest absolute Gasteiger partial charge is 0.338 e. The summed E-state index contributed by atoms with van der Waals surface area (Å²) in [6.07, 6.45) is 5.00. The van der Waals surface area contributed by atoms with E-state index in [0.29, 0.717) is 16.8 Å². The van der Waals surface area contributed by atoms with Crippen LogP contribution in [0.5, 0.6) is 0 Å². The van der Waals surface area contributed by atoms with Crippen LogP contribution in [0.3, 0.4) is 0 Å². The minimum Gasteiger partial charge on any atom is -0.462 e. The molecule has 0 unspecified atom stereocenters. The molecule has 0 spiro atoms. The lowest BCUT2D eigenvalue weighted by molar-refractivity contribution is -0.136. The second kappa shape index (κ2) is 10.7. The fraction of sp³-hybridized carbons (Fsp3) is 0.111. The molecule has 0 aliphatic rings. The van der Waals surface area contributed by atoms with Gasteiger partial charge in [0.2, 0.25) is 5.91 Å². The number of hydrogen-bond acceptors (Lipinski definition) is 3. The van der Waals surface area contributed by atoms with E-state index in [4.69, 9.17) is 4.74 Å². The SMILES string of the molecule is CCOC(=O)C(=Cc1ccccc1)c1ccc(C)cc1NC(=O)C=Cc1ccccc1. The van der Waals surface area contributed by atoms with Crippen LogP contribution in [0, 0.1) is 6.92 Å². The highest BCUT2D eigenvalue weighted by molar-refractivity contribution is 6.23. The molecule has 3 aromatic rings. The molecule has 0 bridgehead atoms. The lowest BCUT2D eigenvalue weighted by Gasteiger charge is -2.14. The molecule has 1 N–H and O–H groups in total. The van der Waals surface area contributed by atoms with Crippen molar-refractivity contribution in [2.75, 3.05) is 11.9 Å². The summed E-state index contributed by atoms with van der Waals surface area (Å²) < 4.78 is 5.29. The zero-order valence-corrected chi connectivity index (χ0v) is 17.7. The van der Waals surface area contributed by atoms with E-state index in [1.165, 1.54) is 6.08 Å². The van der Waals surface area contributed by atoms with Crippen LogP contribution >= 0.6 is 0 Å². The Morgan fingerprint density at radius 1 is 0.903 bits per heavy atom. The van der Waals surface area contributed by atoms with Gasteiger partial charge in [-0.1, -0.05) is 72.8 Å². The molecule has 0 aliphatic carbocycles. The predicted octanol–water partition coefficient (Wildman–Crippen LogP) is 5.75. The first-order valence-electron chi connectivity index (χ1n) is 10.2. The van der Waals surface area contributed by atoms with Gasteiger partial charge in [-0.25, -0.2) is 4.79 Å². The van der Waals surface area contributed by atoms with Gasteiger partial charge in [-0.2, -0.15) is 0 Å². The summed E-state index contributed by atoms with van der Waals surface area (Å²) in [5.41, 5.74) is 4.31. The molecule has 0 aromatic heterocycles. The average molecular weight is 412 g/mol. The van der Waals surface area contributed by atoms with E-state index in [-0.39, 0.29) is 12.5 Å². The molecule has 0 heterocycles. The number of amides is 1. The second-order valence-corrected chi connectivity index (χ2v) is 6.97. The monoisotopic (exact) mass is 411 g/mol. The van der Waals surface area contributed by atoms with Crippen LogP contribution in [-0.2, 0) is 14.3 Å². The summed E-state index contributed by atoms with van der Waals surface area (Å²) in [5, 5.41) is 2.91. The van der Waals surface area contributed by atoms with Gasteiger partial charge in [-0.15, -0.1) is 0 Å². The minimum atomic E-state index is -0.439. The molecule has 1 amide bonds. The van der Waals surface area contributed by atoms with E-state index in [1.54, 1.807) is 19.1 Å². The molecule has 0 atom stereocenters. The predicted molar refractivity (Wildman–Crippen MR) is 126 cm³/mol. The van der Waals surface area contributed by atoms with Crippen LogP contribution in [0.4, 0.5) is 5.69 Å². The Morgan fingerprint density at radius 2 is 1.55 bits per heavy atom. The topological polar surface area (TPSA) is 55.4 Å². The van der Waals surface area contributed by atoms with Crippen LogP contribution in [0.25, 0.3) is 17.7 Å². The first kappa shape index (κ1) is 21.8. The van der Waals surface area contributed by atoms with Crippen LogP contribution in [-0.4, -0.2) is 18.5 Å². The van der Waals surface area contributed by atoms with Gasteiger partial charge in [0.05, 0.1) is 12.2 Å². The van der Waals surface area contributed by atoms with Gasteiger partial charge in [0.25, 0.3) is 0 Å². The number of benzene rings is 3. The molecular formula is C27H25NO3. The molecule has 4 heteroatoms. The van der Waals surface area contributed by atoms with Crippen molar-refractivity contribution in [2.45, 2.75) is 13.8 Å². The summed E-state index contributed by atoms with van der Waals surface area (Å²) in [7, 11) is 0. The van der Waals surface area contributed by atoms with Crippen molar-refractivity contribution in [1.29, 1.82) is 0 Å². The quantitative estimate of drug-likeness (QED) is 0.306. The molecule has 0 fully saturated rings. The molecular weight excluding hydrogens is 386 g/mol. The van der Waals surface area contributed by atoms with Gasteiger partial charge >= 0.3 is 5.97 Å². The van der Waals surface area contributed by atoms with Gasteiger partial charge in [-0.05, 0) is 48.8 Å². The normalized spacial score (nSPS) is 11.4. The van der Waals surface area contributed by atoms with E-state index >= 15 is 0 Å². The number of hydrogen-bond donors (Lipinski definition) is 1. The van der Waals surface area contributed by atoms with Gasteiger partial charge in [-0.3, -0.25) is 4.79 Å². The Hall–Kier alpha value is -3.92. The fourth-order valence-electron chi connectivity index (χ4n) is 3.08. The van der Waals surface area contributed by atoms with E-state index in [9.17, 15) is 9.59 Å². The largest absolute Gasteiger partial charge is 0.462 e. The van der Waals surface area contributed by atoms with E-state index < -0.39 is 5.97 Å². The number of nitrogens with one attached hydrogen (secondary N) is 1. The Balaban J connectivity index is 1.95. The third-order valence-electron chi connectivity index (χ3n) is 4.56. The third-order valence-corrected chi connectivity index (χ3v) is 4.56. The summed E-state index contributed by atoms with van der Waals surface area (Å²) in [4.78, 5) is 25.4. The summed E-state index contributed by atoms with van der Waals surface area (Å²) in [6.45, 7) is 3.97. The lowest BCUT2D eigenvalue weighted by atomic mass is 9.99. The Morgan fingerprint density at radius 3 is 2.19 bits per heavy atom. The molecule has 0 radical (unpaired) electrons. The molecule has 31 heavy (non-hydrogen) atoms. The minimum absolute atomic E-state index is 0.262. The summed E-state index contributed by atoms with van der Waals surface area (Å²) in [5.74, 6) is -0.718. The number of ether oxygens (including phenoxy) is 1. The lowest BCUT2D eigenvalue weighted by Crippen LogP contribution is -2.13. The van der Waals surface area contributed by atoms with Crippen LogP contribution < -0.4 is 5.32 Å². The van der Waals surface area contributed by atoms with Crippen molar-refractivity contribution in [3.63, 3.8) is 0 Å². The van der Waals surface area contributed by atoms with Gasteiger partial charge in [0.1, 0.15) is 0 Å². The summed E-state index contributed by atoms with van der Waals surface area (Å²) in [6, 6.07) is 24.7. The zero-order valence-electron chi connectivity index (χ0n) is 17.7. The molecule has 3 rings (SSSR count). The van der Waals surface area contributed by atoms with Crippen molar-refractivity contribution in [3.8, 4) is 0 Å². The van der Waals surface area contributed by atoms with E-state index in [2.05, 4.69) is 5.32 Å². The maximum absolute atomic E-state index is 12.8. The highest BCUT2D eigenvalue weighted by atomic mass is 16.5. The van der Waals surface area contributed by atoms with E-state index in [0.717, 1.165) is 16.7 Å².